The third kappa shape index (κ3) is 3.94. The average molecular weight is 369 g/mol. The maximum Gasteiger partial charge on any atom is 0.227 e. The summed E-state index contributed by atoms with van der Waals surface area (Å²) >= 11 is 5.92. The molecular weight excluding hydrogens is 344 g/mol. The van der Waals surface area contributed by atoms with Gasteiger partial charge in [0.2, 0.25) is 5.91 Å². The van der Waals surface area contributed by atoms with Crippen molar-refractivity contribution in [2.75, 3.05) is 26.2 Å². The van der Waals surface area contributed by atoms with Crippen molar-refractivity contribution in [1.82, 2.24) is 9.80 Å². The number of aryl methyl sites for hydroxylation is 1. The maximum absolute atomic E-state index is 12.6. The molecule has 0 radical (unpaired) electrons. The van der Waals surface area contributed by atoms with Crippen molar-refractivity contribution >= 4 is 17.5 Å². The van der Waals surface area contributed by atoms with Gasteiger partial charge in [0, 0.05) is 36.6 Å². The van der Waals surface area contributed by atoms with E-state index >= 15 is 0 Å². The van der Waals surface area contributed by atoms with Gasteiger partial charge in [0.1, 0.15) is 0 Å². The molecule has 1 amide bonds. The molecule has 2 aliphatic heterocycles. The highest BCUT2D eigenvalue weighted by molar-refractivity contribution is 6.30. The average Bonchev–Trinajstić information content (AvgIpc) is 2.99. The largest absolute Gasteiger partial charge is 0.340 e. The minimum Gasteiger partial charge on any atom is -0.340 e. The number of hydrogen-bond acceptors (Lipinski definition) is 2. The number of amides is 1. The van der Waals surface area contributed by atoms with Crippen molar-refractivity contribution < 1.29 is 4.79 Å². The molecule has 0 spiro atoms. The topological polar surface area (TPSA) is 23.6 Å². The zero-order valence-electron chi connectivity index (χ0n) is 15.0. The van der Waals surface area contributed by atoms with Crippen LogP contribution in [0.1, 0.15) is 17.5 Å². The van der Waals surface area contributed by atoms with Crippen LogP contribution in [0, 0.1) is 5.92 Å². The van der Waals surface area contributed by atoms with E-state index in [1.54, 1.807) is 0 Å². The summed E-state index contributed by atoms with van der Waals surface area (Å²) in [6.07, 6.45) is 2.80. The lowest BCUT2D eigenvalue weighted by Crippen LogP contribution is -2.55. The molecule has 0 bridgehead atoms. The van der Waals surface area contributed by atoms with E-state index in [1.807, 2.05) is 24.3 Å². The number of carbonyl (C=O) groups is 1. The summed E-state index contributed by atoms with van der Waals surface area (Å²) in [5.41, 5.74) is 2.45. The molecule has 2 saturated heterocycles. The van der Waals surface area contributed by atoms with Crippen molar-refractivity contribution in [3.63, 3.8) is 0 Å². The number of carbonyl (C=O) groups excluding carboxylic acids is 1. The lowest BCUT2D eigenvalue weighted by Gasteiger charge is -2.43. The standard InChI is InChI=1S/C22H25ClN2O/c23-20-10-8-18(9-11-20)13-22(26)25-15-19-14-24(21(19)16-25)12-4-7-17-5-2-1-3-6-17/h1-3,5-6,8-11,19,21H,4,7,12-16H2/t19-,21-/m1/s1. The van der Waals surface area contributed by atoms with Crippen LogP contribution in [0.4, 0.5) is 0 Å². The van der Waals surface area contributed by atoms with Crippen LogP contribution in [0.25, 0.3) is 0 Å². The highest BCUT2D eigenvalue weighted by Gasteiger charge is 2.46. The molecule has 0 unspecified atom stereocenters. The van der Waals surface area contributed by atoms with Crippen LogP contribution < -0.4 is 0 Å². The molecule has 2 atom stereocenters. The normalized spacial score (nSPS) is 22.1. The van der Waals surface area contributed by atoms with Gasteiger partial charge >= 0.3 is 0 Å². The fourth-order valence-electron chi connectivity index (χ4n) is 4.23. The number of likely N-dealkylation sites (tertiary alicyclic amines) is 2. The van der Waals surface area contributed by atoms with Crippen molar-refractivity contribution in [1.29, 1.82) is 0 Å². The Balaban J connectivity index is 1.23. The van der Waals surface area contributed by atoms with Gasteiger partial charge in [-0.2, -0.15) is 0 Å². The number of nitrogens with zero attached hydrogens (tertiary/aromatic N) is 2. The molecule has 2 heterocycles. The summed E-state index contributed by atoms with van der Waals surface area (Å²) in [6.45, 7) is 4.09. The first-order valence-corrected chi connectivity index (χ1v) is 9.87. The van der Waals surface area contributed by atoms with E-state index in [2.05, 4.69) is 40.1 Å². The van der Waals surface area contributed by atoms with Crippen LogP contribution in [0.3, 0.4) is 0 Å². The molecule has 2 aliphatic rings. The molecule has 0 aliphatic carbocycles. The minimum atomic E-state index is 0.242. The first-order chi connectivity index (χ1) is 12.7. The molecule has 0 saturated carbocycles. The molecule has 4 heteroatoms. The molecular formula is C22H25ClN2O. The van der Waals surface area contributed by atoms with Gasteiger partial charge in [0.05, 0.1) is 6.42 Å². The van der Waals surface area contributed by atoms with Crippen molar-refractivity contribution in [3.05, 3.63) is 70.7 Å². The molecule has 0 N–H and O–H groups in total. The van der Waals surface area contributed by atoms with Gasteiger partial charge in [-0.3, -0.25) is 9.69 Å². The quantitative estimate of drug-likeness (QED) is 0.776. The minimum absolute atomic E-state index is 0.242. The Morgan fingerprint density at radius 1 is 0.962 bits per heavy atom. The van der Waals surface area contributed by atoms with Crippen LogP contribution in [0.15, 0.2) is 54.6 Å². The summed E-state index contributed by atoms with van der Waals surface area (Å²) in [6, 6.07) is 18.8. The molecule has 136 valence electrons. The second kappa shape index (κ2) is 7.81. The van der Waals surface area contributed by atoms with Crippen LogP contribution in [0.2, 0.25) is 5.02 Å². The van der Waals surface area contributed by atoms with Crippen molar-refractivity contribution in [2.24, 2.45) is 5.92 Å². The Bertz CT molecular complexity index is 746. The van der Waals surface area contributed by atoms with Gasteiger partial charge in [-0.05, 0) is 42.6 Å². The summed E-state index contributed by atoms with van der Waals surface area (Å²) in [4.78, 5) is 17.2. The summed E-state index contributed by atoms with van der Waals surface area (Å²) in [5, 5.41) is 0.714. The number of hydrogen-bond donors (Lipinski definition) is 0. The molecule has 2 aromatic rings. The van der Waals surface area contributed by atoms with Gasteiger partial charge in [0.15, 0.2) is 0 Å². The van der Waals surface area contributed by atoms with E-state index in [0.717, 1.165) is 38.2 Å². The molecule has 26 heavy (non-hydrogen) atoms. The first kappa shape index (κ1) is 17.6. The summed E-state index contributed by atoms with van der Waals surface area (Å²) < 4.78 is 0. The van der Waals surface area contributed by atoms with Gasteiger partial charge in [-0.15, -0.1) is 0 Å². The fraction of sp³-hybridized carbons (Fsp3) is 0.409. The Kier molecular flexibility index (Phi) is 5.28. The second-order valence-electron chi connectivity index (χ2n) is 7.51. The Labute approximate surface area is 160 Å². The van der Waals surface area contributed by atoms with Gasteiger partial charge < -0.3 is 4.90 Å². The maximum atomic E-state index is 12.6. The molecule has 2 fully saturated rings. The Morgan fingerprint density at radius 3 is 2.50 bits per heavy atom. The zero-order chi connectivity index (χ0) is 17.9. The highest BCUT2D eigenvalue weighted by Crippen LogP contribution is 2.32. The predicted molar refractivity (Wildman–Crippen MR) is 105 cm³/mol. The number of fused-ring (bicyclic) bond motifs is 1. The lowest BCUT2D eigenvalue weighted by molar-refractivity contribution is -0.129. The van der Waals surface area contributed by atoms with E-state index < -0.39 is 0 Å². The van der Waals surface area contributed by atoms with Crippen LogP contribution >= 0.6 is 11.6 Å². The van der Waals surface area contributed by atoms with Crippen molar-refractivity contribution in [2.45, 2.75) is 25.3 Å². The van der Waals surface area contributed by atoms with E-state index in [-0.39, 0.29) is 5.91 Å². The monoisotopic (exact) mass is 368 g/mol. The first-order valence-electron chi connectivity index (χ1n) is 9.49. The number of halogens is 1. The smallest absolute Gasteiger partial charge is 0.227 e. The Morgan fingerprint density at radius 2 is 1.73 bits per heavy atom. The van der Waals surface area contributed by atoms with Gasteiger partial charge in [0.25, 0.3) is 0 Å². The molecule has 3 nitrogen and oxygen atoms in total. The third-order valence-corrected chi connectivity index (χ3v) is 5.97. The molecule has 4 rings (SSSR count). The van der Waals surface area contributed by atoms with Gasteiger partial charge in [-0.1, -0.05) is 54.1 Å². The third-order valence-electron chi connectivity index (χ3n) is 5.72. The van der Waals surface area contributed by atoms with Crippen LogP contribution in [-0.2, 0) is 17.6 Å². The van der Waals surface area contributed by atoms with Crippen molar-refractivity contribution in [3.8, 4) is 0 Å². The zero-order valence-corrected chi connectivity index (χ0v) is 15.7. The van der Waals surface area contributed by atoms with E-state index in [4.69, 9.17) is 11.6 Å². The van der Waals surface area contributed by atoms with Crippen LogP contribution in [-0.4, -0.2) is 47.9 Å². The number of benzene rings is 2. The Hall–Kier alpha value is -1.84. The molecule has 2 aromatic carbocycles. The number of rotatable bonds is 6. The molecule has 0 aromatic heterocycles. The van der Waals surface area contributed by atoms with E-state index in [9.17, 15) is 4.79 Å². The van der Waals surface area contributed by atoms with E-state index in [0.29, 0.717) is 23.4 Å². The van der Waals surface area contributed by atoms with E-state index in [1.165, 1.54) is 12.0 Å². The predicted octanol–water partition coefficient (Wildman–Crippen LogP) is 3.66. The fourth-order valence-corrected chi connectivity index (χ4v) is 4.35. The second-order valence-corrected chi connectivity index (χ2v) is 7.95. The van der Waals surface area contributed by atoms with Gasteiger partial charge in [-0.25, -0.2) is 0 Å². The highest BCUT2D eigenvalue weighted by atomic mass is 35.5. The summed E-state index contributed by atoms with van der Waals surface area (Å²) in [7, 11) is 0. The lowest BCUT2D eigenvalue weighted by atomic mass is 9.91. The SMILES string of the molecule is O=C(Cc1ccc(Cl)cc1)N1C[C@H]2CN(CCCc3ccccc3)[C@@H]2C1. The summed E-state index contributed by atoms with van der Waals surface area (Å²) in [5.74, 6) is 0.909. The van der Waals surface area contributed by atoms with Crippen LogP contribution in [0.5, 0.6) is 0 Å².